The maximum Gasteiger partial charge on any atom is 0.333 e. The Morgan fingerprint density at radius 3 is 2.68 bits per heavy atom. The average molecular weight is 305 g/mol. The molecule has 0 aliphatic rings. The van der Waals surface area contributed by atoms with Gasteiger partial charge in [0.2, 0.25) is 5.28 Å². The Morgan fingerprint density at radius 1 is 1.21 bits per heavy atom. The highest BCUT2D eigenvalue weighted by Crippen LogP contribution is 2.23. The molecule has 0 spiro atoms. The summed E-state index contributed by atoms with van der Waals surface area (Å²) >= 11 is 11.6. The van der Waals surface area contributed by atoms with E-state index in [0.717, 1.165) is 6.20 Å². The number of nitrogens with zero attached hydrogens (tertiary/aromatic N) is 6. The van der Waals surface area contributed by atoms with Crippen molar-refractivity contribution in [2.45, 2.75) is 6.55 Å². The fraction of sp³-hybridized carbons (Fsp3) is 0.111. The Kier molecular flexibility index (Phi) is 2.83. The zero-order chi connectivity index (χ0) is 13.6. The van der Waals surface area contributed by atoms with Gasteiger partial charge in [-0.15, -0.1) is 0 Å². The molecular weight excluding hydrogens is 301 g/mol. The molecule has 0 radical (unpaired) electrons. The lowest BCUT2D eigenvalue weighted by Crippen LogP contribution is -1.98. The summed E-state index contributed by atoms with van der Waals surface area (Å²) in [5.41, 5.74) is 1.02. The molecule has 0 aliphatic carbocycles. The van der Waals surface area contributed by atoms with Crippen molar-refractivity contribution in [2.75, 3.05) is 0 Å². The molecule has 0 fully saturated rings. The Labute approximate surface area is 114 Å². The maximum absolute atomic E-state index is 12.5. The third kappa shape index (κ3) is 2.02. The normalized spacial score (nSPS) is 11.6. The summed E-state index contributed by atoms with van der Waals surface area (Å²) in [6.07, 6.45) is 3.81. The standard InChI is InChI=1S/C9H4Cl2F2N6/c10-6-5-7(17-8(11)16-6)18(3-14-5)4-1-15-19(2-4)9(12)13/h1-3,9H. The van der Waals surface area contributed by atoms with Crippen LogP contribution in [0, 0.1) is 0 Å². The molecule has 0 atom stereocenters. The van der Waals surface area contributed by atoms with Gasteiger partial charge in [0.15, 0.2) is 10.8 Å². The largest absolute Gasteiger partial charge is 0.333 e. The molecule has 0 amide bonds. The Bertz CT molecular complexity index is 752. The Hall–Kier alpha value is -1.80. The van der Waals surface area contributed by atoms with Crippen molar-refractivity contribution >= 4 is 34.4 Å². The van der Waals surface area contributed by atoms with Gasteiger partial charge in [0.1, 0.15) is 11.8 Å². The minimum Gasteiger partial charge on any atom is -0.280 e. The van der Waals surface area contributed by atoms with Crippen LogP contribution < -0.4 is 0 Å². The summed E-state index contributed by atoms with van der Waals surface area (Å²) in [5.74, 6) is 0. The second-order valence-corrected chi connectivity index (χ2v) is 4.22. The van der Waals surface area contributed by atoms with Crippen LogP contribution in [0.4, 0.5) is 8.78 Å². The highest BCUT2D eigenvalue weighted by Gasteiger charge is 2.14. The maximum atomic E-state index is 12.5. The molecule has 0 unspecified atom stereocenters. The zero-order valence-corrected chi connectivity index (χ0v) is 10.5. The van der Waals surface area contributed by atoms with Crippen molar-refractivity contribution in [1.29, 1.82) is 0 Å². The van der Waals surface area contributed by atoms with E-state index in [-0.39, 0.29) is 10.4 Å². The van der Waals surface area contributed by atoms with Crippen LogP contribution in [0.1, 0.15) is 6.55 Å². The first-order valence-electron chi connectivity index (χ1n) is 4.95. The van der Waals surface area contributed by atoms with Crippen LogP contribution in [0.3, 0.4) is 0 Å². The van der Waals surface area contributed by atoms with E-state index in [2.05, 4.69) is 20.1 Å². The fourth-order valence-electron chi connectivity index (χ4n) is 1.59. The van der Waals surface area contributed by atoms with Gasteiger partial charge >= 0.3 is 6.55 Å². The van der Waals surface area contributed by atoms with Crippen molar-refractivity contribution in [1.82, 2.24) is 29.3 Å². The first kappa shape index (κ1) is 12.2. The van der Waals surface area contributed by atoms with Gasteiger partial charge < -0.3 is 0 Å². The van der Waals surface area contributed by atoms with Crippen molar-refractivity contribution in [2.24, 2.45) is 0 Å². The van der Waals surface area contributed by atoms with Crippen molar-refractivity contribution in [3.63, 3.8) is 0 Å². The van der Waals surface area contributed by atoms with Crippen LogP contribution >= 0.6 is 23.2 Å². The van der Waals surface area contributed by atoms with Gasteiger partial charge in [0.05, 0.1) is 18.1 Å². The van der Waals surface area contributed by atoms with Crippen LogP contribution in [0.15, 0.2) is 18.7 Å². The topological polar surface area (TPSA) is 61.4 Å². The summed E-state index contributed by atoms with van der Waals surface area (Å²) in [6.45, 7) is -2.72. The SMILES string of the molecule is FC(F)n1cc(-n2cnc3c(Cl)nc(Cl)nc32)cn1. The molecule has 0 aliphatic heterocycles. The van der Waals surface area contributed by atoms with Crippen LogP contribution in [0.2, 0.25) is 10.4 Å². The third-order valence-electron chi connectivity index (χ3n) is 2.39. The first-order valence-corrected chi connectivity index (χ1v) is 5.70. The van der Waals surface area contributed by atoms with Gasteiger partial charge in [0, 0.05) is 0 Å². The lowest BCUT2D eigenvalue weighted by atomic mass is 10.5. The predicted octanol–water partition coefficient (Wildman–Crippen LogP) is 2.71. The van der Waals surface area contributed by atoms with Gasteiger partial charge in [-0.3, -0.25) is 4.57 Å². The second-order valence-electron chi connectivity index (χ2n) is 3.53. The average Bonchev–Trinajstić information content (AvgIpc) is 2.93. The number of hydrogen-bond acceptors (Lipinski definition) is 4. The molecule has 3 aromatic rings. The van der Waals surface area contributed by atoms with Crippen LogP contribution in [0.5, 0.6) is 0 Å². The molecule has 0 aromatic carbocycles. The molecular formula is C9H4Cl2F2N6. The van der Waals surface area contributed by atoms with E-state index in [9.17, 15) is 8.78 Å². The number of alkyl halides is 2. The van der Waals surface area contributed by atoms with Crippen molar-refractivity contribution < 1.29 is 8.78 Å². The van der Waals surface area contributed by atoms with Gasteiger partial charge in [0.25, 0.3) is 0 Å². The summed E-state index contributed by atoms with van der Waals surface area (Å²) in [7, 11) is 0. The molecule has 3 heterocycles. The van der Waals surface area contributed by atoms with E-state index in [1.165, 1.54) is 17.1 Å². The molecule has 0 saturated heterocycles. The summed E-state index contributed by atoms with van der Waals surface area (Å²) in [5, 5.41) is 3.57. The number of imidazole rings is 1. The van der Waals surface area contributed by atoms with Crippen molar-refractivity contribution in [3.8, 4) is 5.69 Å². The molecule has 98 valence electrons. The molecule has 3 rings (SSSR count). The zero-order valence-electron chi connectivity index (χ0n) is 9.00. The fourth-order valence-corrected chi connectivity index (χ4v) is 2.01. The second kappa shape index (κ2) is 4.39. The molecule has 19 heavy (non-hydrogen) atoms. The van der Waals surface area contributed by atoms with Gasteiger partial charge in [-0.05, 0) is 11.6 Å². The number of fused-ring (bicyclic) bond motifs is 1. The minimum absolute atomic E-state index is 0.0551. The van der Waals surface area contributed by atoms with Crippen molar-refractivity contribution in [3.05, 3.63) is 29.2 Å². The quantitative estimate of drug-likeness (QED) is 0.539. The summed E-state index contributed by atoms with van der Waals surface area (Å²) in [6, 6.07) is 0. The summed E-state index contributed by atoms with van der Waals surface area (Å²) < 4.78 is 26.9. The van der Waals surface area contributed by atoms with Gasteiger partial charge in [-0.2, -0.15) is 18.9 Å². The van der Waals surface area contributed by atoms with E-state index in [4.69, 9.17) is 23.2 Å². The molecule has 0 saturated carbocycles. The number of halogens is 4. The highest BCUT2D eigenvalue weighted by molar-refractivity contribution is 6.35. The van der Waals surface area contributed by atoms with E-state index >= 15 is 0 Å². The molecule has 6 nitrogen and oxygen atoms in total. The summed E-state index contributed by atoms with van der Waals surface area (Å²) in [4.78, 5) is 11.7. The monoisotopic (exact) mass is 304 g/mol. The molecule has 10 heteroatoms. The van der Waals surface area contributed by atoms with Crippen LogP contribution in [-0.2, 0) is 0 Å². The van der Waals surface area contributed by atoms with Gasteiger partial charge in [-0.1, -0.05) is 11.6 Å². The Morgan fingerprint density at radius 2 is 2.00 bits per heavy atom. The lowest BCUT2D eigenvalue weighted by molar-refractivity contribution is 0.0566. The van der Waals surface area contributed by atoms with Crippen LogP contribution in [0.25, 0.3) is 16.9 Å². The molecule has 3 aromatic heterocycles. The van der Waals surface area contributed by atoms with E-state index in [1.54, 1.807) is 0 Å². The predicted molar refractivity (Wildman–Crippen MR) is 63.7 cm³/mol. The van der Waals surface area contributed by atoms with E-state index in [0.29, 0.717) is 21.5 Å². The van der Waals surface area contributed by atoms with E-state index in [1.807, 2.05) is 0 Å². The molecule has 0 bridgehead atoms. The van der Waals surface area contributed by atoms with Crippen LogP contribution in [-0.4, -0.2) is 29.3 Å². The molecule has 0 N–H and O–H groups in total. The number of hydrogen-bond donors (Lipinski definition) is 0. The van der Waals surface area contributed by atoms with E-state index < -0.39 is 6.55 Å². The van der Waals surface area contributed by atoms with Gasteiger partial charge in [-0.25, -0.2) is 14.6 Å². The third-order valence-corrected chi connectivity index (χ3v) is 2.82. The smallest absolute Gasteiger partial charge is 0.280 e. The minimum atomic E-state index is -2.72. The first-order chi connectivity index (χ1) is 9.06. The highest BCUT2D eigenvalue weighted by atomic mass is 35.5. The lowest BCUT2D eigenvalue weighted by Gasteiger charge is -2.00. The number of rotatable bonds is 2. The number of aromatic nitrogens is 6. The Balaban J connectivity index is 2.19.